The summed E-state index contributed by atoms with van der Waals surface area (Å²) in [6.45, 7) is 1.94. The molecule has 0 atom stereocenters. The van der Waals surface area contributed by atoms with Gasteiger partial charge in [-0.1, -0.05) is 19.3 Å². The molecule has 0 saturated heterocycles. The Hall–Kier alpha value is -1.55. The number of rotatable bonds is 4. The van der Waals surface area contributed by atoms with Crippen LogP contribution in [0.25, 0.3) is 0 Å². The minimum atomic E-state index is -0.366. The highest BCUT2D eigenvalue weighted by Gasteiger charge is 2.14. The van der Waals surface area contributed by atoms with E-state index in [4.69, 9.17) is 0 Å². The van der Waals surface area contributed by atoms with Gasteiger partial charge in [0.05, 0.1) is 0 Å². The third-order valence-corrected chi connectivity index (χ3v) is 4.54. The van der Waals surface area contributed by atoms with Crippen molar-refractivity contribution in [2.45, 2.75) is 45.1 Å². The standard InChI is InChI=1S/C17H20IN3O/c1-12-9-14(18)7-8-16(12)21-17(22)13(10-19)11-20-15-5-3-2-4-6-15/h7-9,11,15,20H,2-6H2,1H3,(H,21,22)/b13-11-. The van der Waals surface area contributed by atoms with Crippen LogP contribution in [0.3, 0.4) is 0 Å². The van der Waals surface area contributed by atoms with E-state index in [2.05, 4.69) is 33.2 Å². The Kier molecular flexibility index (Phi) is 6.25. The van der Waals surface area contributed by atoms with Gasteiger partial charge in [0.25, 0.3) is 5.91 Å². The molecule has 2 N–H and O–H groups in total. The highest BCUT2D eigenvalue weighted by molar-refractivity contribution is 14.1. The summed E-state index contributed by atoms with van der Waals surface area (Å²) in [6, 6.07) is 8.14. The van der Waals surface area contributed by atoms with Crippen molar-refractivity contribution in [1.82, 2.24) is 5.32 Å². The molecule has 5 heteroatoms. The quantitative estimate of drug-likeness (QED) is 0.451. The summed E-state index contributed by atoms with van der Waals surface area (Å²) in [4.78, 5) is 12.2. The summed E-state index contributed by atoms with van der Waals surface area (Å²) < 4.78 is 1.11. The number of nitriles is 1. The van der Waals surface area contributed by atoms with Gasteiger partial charge in [0, 0.05) is 21.5 Å². The summed E-state index contributed by atoms with van der Waals surface area (Å²) >= 11 is 2.23. The van der Waals surface area contributed by atoms with Crippen molar-refractivity contribution in [3.63, 3.8) is 0 Å². The van der Waals surface area contributed by atoms with Gasteiger partial charge >= 0.3 is 0 Å². The molecule has 1 aromatic rings. The lowest BCUT2D eigenvalue weighted by Gasteiger charge is -2.21. The number of hydrogen-bond donors (Lipinski definition) is 2. The number of hydrogen-bond acceptors (Lipinski definition) is 3. The summed E-state index contributed by atoms with van der Waals surface area (Å²) in [6.07, 6.45) is 7.47. The topological polar surface area (TPSA) is 64.9 Å². The van der Waals surface area contributed by atoms with Crippen LogP contribution >= 0.6 is 22.6 Å². The molecule has 1 amide bonds. The van der Waals surface area contributed by atoms with E-state index in [1.165, 1.54) is 19.3 Å². The van der Waals surface area contributed by atoms with Crippen LogP contribution in [0, 0.1) is 21.8 Å². The van der Waals surface area contributed by atoms with Crippen LogP contribution in [0.4, 0.5) is 5.69 Å². The molecule has 1 saturated carbocycles. The predicted octanol–water partition coefficient (Wildman–Crippen LogP) is 3.87. The van der Waals surface area contributed by atoms with Crippen LogP contribution in [0.15, 0.2) is 30.0 Å². The lowest BCUT2D eigenvalue weighted by molar-refractivity contribution is -0.112. The first kappa shape index (κ1) is 16.8. The van der Waals surface area contributed by atoms with E-state index in [-0.39, 0.29) is 11.5 Å². The molecule has 0 aliphatic heterocycles. The first-order chi connectivity index (χ1) is 10.6. The van der Waals surface area contributed by atoms with E-state index in [0.717, 1.165) is 27.7 Å². The van der Waals surface area contributed by atoms with Gasteiger partial charge in [-0.15, -0.1) is 0 Å². The zero-order valence-corrected chi connectivity index (χ0v) is 14.8. The molecule has 0 heterocycles. The van der Waals surface area contributed by atoms with Crippen molar-refractivity contribution < 1.29 is 4.79 Å². The van der Waals surface area contributed by atoms with Crippen molar-refractivity contribution in [3.8, 4) is 6.07 Å². The maximum Gasteiger partial charge on any atom is 0.267 e. The van der Waals surface area contributed by atoms with E-state index in [9.17, 15) is 10.1 Å². The zero-order chi connectivity index (χ0) is 15.9. The molecular formula is C17H20IN3O. The minimum absolute atomic E-state index is 0.114. The number of nitrogens with one attached hydrogen (secondary N) is 2. The Morgan fingerprint density at radius 2 is 2.09 bits per heavy atom. The fourth-order valence-electron chi connectivity index (χ4n) is 2.58. The van der Waals surface area contributed by atoms with E-state index in [0.29, 0.717) is 6.04 Å². The van der Waals surface area contributed by atoms with Gasteiger partial charge < -0.3 is 10.6 Å². The minimum Gasteiger partial charge on any atom is -0.387 e. The number of carbonyl (C=O) groups excluding carboxylic acids is 1. The highest BCUT2D eigenvalue weighted by Crippen LogP contribution is 2.19. The van der Waals surface area contributed by atoms with Gasteiger partial charge in [-0.05, 0) is 66.1 Å². The number of aryl methyl sites for hydroxylation is 1. The molecule has 0 aromatic heterocycles. The van der Waals surface area contributed by atoms with E-state index in [1.54, 1.807) is 6.20 Å². The van der Waals surface area contributed by atoms with Crippen molar-refractivity contribution in [2.24, 2.45) is 0 Å². The van der Waals surface area contributed by atoms with Crippen LogP contribution < -0.4 is 10.6 Å². The molecule has 1 aromatic carbocycles. The predicted molar refractivity (Wildman–Crippen MR) is 96.2 cm³/mol. The highest BCUT2D eigenvalue weighted by atomic mass is 127. The van der Waals surface area contributed by atoms with Crippen LogP contribution in [0.1, 0.15) is 37.7 Å². The number of amides is 1. The average molecular weight is 409 g/mol. The number of anilines is 1. The van der Waals surface area contributed by atoms with Crippen LogP contribution in [-0.2, 0) is 4.79 Å². The van der Waals surface area contributed by atoms with E-state index < -0.39 is 0 Å². The number of carbonyl (C=O) groups is 1. The first-order valence-electron chi connectivity index (χ1n) is 7.54. The smallest absolute Gasteiger partial charge is 0.267 e. The van der Waals surface area contributed by atoms with Crippen molar-refractivity contribution in [3.05, 3.63) is 39.1 Å². The normalized spacial score (nSPS) is 16.0. The van der Waals surface area contributed by atoms with Gasteiger partial charge in [0.1, 0.15) is 11.6 Å². The summed E-state index contributed by atoms with van der Waals surface area (Å²) in [5.74, 6) is -0.366. The summed E-state index contributed by atoms with van der Waals surface area (Å²) in [5, 5.41) is 15.2. The van der Waals surface area contributed by atoms with Gasteiger partial charge in [0.15, 0.2) is 0 Å². The second kappa shape index (κ2) is 8.18. The third kappa shape index (κ3) is 4.73. The van der Waals surface area contributed by atoms with Crippen LogP contribution in [0.2, 0.25) is 0 Å². The zero-order valence-electron chi connectivity index (χ0n) is 12.7. The van der Waals surface area contributed by atoms with Crippen molar-refractivity contribution in [2.75, 3.05) is 5.32 Å². The van der Waals surface area contributed by atoms with Gasteiger partial charge in [-0.25, -0.2) is 0 Å². The number of benzene rings is 1. The molecule has 116 valence electrons. The van der Waals surface area contributed by atoms with Crippen LogP contribution in [0.5, 0.6) is 0 Å². The number of halogens is 1. The summed E-state index contributed by atoms with van der Waals surface area (Å²) in [5.41, 5.74) is 1.84. The fourth-order valence-corrected chi connectivity index (χ4v) is 3.22. The molecule has 0 radical (unpaired) electrons. The molecule has 4 nitrogen and oxygen atoms in total. The fraction of sp³-hybridized carbons (Fsp3) is 0.412. The van der Waals surface area contributed by atoms with Gasteiger partial charge in [-0.3, -0.25) is 4.79 Å². The van der Waals surface area contributed by atoms with Gasteiger partial charge in [0.2, 0.25) is 0 Å². The van der Waals surface area contributed by atoms with E-state index in [1.807, 2.05) is 31.2 Å². The maximum atomic E-state index is 12.2. The lowest BCUT2D eigenvalue weighted by atomic mass is 9.96. The number of nitrogens with zero attached hydrogens (tertiary/aromatic N) is 1. The van der Waals surface area contributed by atoms with E-state index >= 15 is 0 Å². The molecule has 22 heavy (non-hydrogen) atoms. The maximum absolute atomic E-state index is 12.2. The molecule has 0 spiro atoms. The third-order valence-electron chi connectivity index (χ3n) is 3.87. The Morgan fingerprint density at radius 3 is 2.73 bits per heavy atom. The Morgan fingerprint density at radius 1 is 1.36 bits per heavy atom. The monoisotopic (exact) mass is 409 g/mol. The Labute approximate surface area is 145 Å². The van der Waals surface area contributed by atoms with Crippen molar-refractivity contribution in [1.29, 1.82) is 5.26 Å². The Bertz CT molecular complexity index is 613. The largest absolute Gasteiger partial charge is 0.387 e. The van der Waals surface area contributed by atoms with Crippen molar-refractivity contribution >= 4 is 34.2 Å². The second-order valence-corrected chi connectivity index (χ2v) is 6.83. The summed E-state index contributed by atoms with van der Waals surface area (Å²) in [7, 11) is 0. The molecule has 1 aliphatic rings. The Balaban J connectivity index is 2.00. The van der Waals surface area contributed by atoms with Gasteiger partial charge in [-0.2, -0.15) is 5.26 Å². The molecule has 1 aliphatic carbocycles. The molecule has 2 rings (SSSR count). The first-order valence-corrected chi connectivity index (χ1v) is 8.62. The SMILES string of the molecule is Cc1cc(I)ccc1NC(=O)/C(C#N)=C\NC1CCCCC1. The molecule has 0 bridgehead atoms. The second-order valence-electron chi connectivity index (χ2n) is 5.58. The molecule has 1 fully saturated rings. The molecule has 0 unspecified atom stereocenters. The average Bonchev–Trinajstić information content (AvgIpc) is 2.52. The molecular weight excluding hydrogens is 389 g/mol. The van der Waals surface area contributed by atoms with Crippen LogP contribution in [-0.4, -0.2) is 11.9 Å². The lowest BCUT2D eigenvalue weighted by Crippen LogP contribution is -2.28.